The van der Waals surface area contributed by atoms with E-state index in [1.807, 2.05) is 18.2 Å². The van der Waals surface area contributed by atoms with Crippen molar-refractivity contribution in [3.63, 3.8) is 0 Å². The number of ether oxygens (including phenoxy) is 1. The second-order valence-electron chi connectivity index (χ2n) is 4.31. The van der Waals surface area contributed by atoms with E-state index in [4.69, 9.17) is 33.2 Å². The van der Waals surface area contributed by atoms with Crippen LogP contribution in [0.5, 0.6) is 11.5 Å². The molecule has 0 aliphatic heterocycles. The van der Waals surface area contributed by atoms with Gasteiger partial charge in [-0.3, -0.25) is 4.98 Å². The molecular weight excluding hydrogens is 307 g/mol. The van der Waals surface area contributed by atoms with E-state index in [9.17, 15) is 0 Å². The van der Waals surface area contributed by atoms with E-state index in [2.05, 4.69) is 4.98 Å². The fraction of sp³-hybridized carbons (Fsp3) is 0. The van der Waals surface area contributed by atoms with E-state index >= 15 is 0 Å². The van der Waals surface area contributed by atoms with Gasteiger partial charge in [0.25, 0.3) is 0 Å². The van der Waals surface area contributed by atoms with Crippen molar-refractivity contribution in [2.24, 2.45) is 0 Å². The molecule has 2 aromatic carbocycles. The molecule has 0 aliphatic rings. The molecule has 0 amide bonds. The topological polar surface area (TPSA) is 45.9 Å². The summed E-state index contributed by atoms with van der Waals surface area (Å²) < 4.78 is 5.74. The van der Waals surface area contributed by atoms with E-state index in [0.29, 0.717) is 38.0 Å². The highest BCUT2D eigenvalue weighted by Crippen LogP contribution is 2.33. The largest absolute Gasteiger partial charge is 0.456 e. The molecule has 102 valence electrons. The van der Waals surface area contributed by atoms with E-state index in [1.165, 1.54) is 6.20 Å². The quantitative estimate of drug-likeness (QED) is 0.652. The van der Waals surface area contributed by atoms with Crippen LogP contribution in [0.4, 0.5) is 0 Å². The minimum absolute atomic E-state index is 0.332. The summed E-state index contributed by atoms with van der Waals surface area (Å²) in [6, 6.07) is 14.5. The fourth-order valence-corrected chi connectivity index (χ4v) is 2.35. The Morgan fingerprint density at radius 1 is 1.10 bits per heavy atom. The Balaban J connectivity index is 2.07. The zero-order valence-electron chi connectivity index (χ0n) is 10.7. The Bertz CT molecular complexity index is 872. The van der Waals surface area contributed by atoms with Gasteiger partial charge in [0.2, 0.25) is 0 Å². The molecule has 0 fully saturated rings. The molecule has 3 nitrogen and oxygen atoms in total. The molecule has 21 heavy (non-hydrogen) atoms. The Labute approximate surface area is 131 Å². The standard InChI is InChI=1S/C16H8Cl2N2O/c17-13-3-1-2-4-15(13)21-11-5-6-14-12(7-11)16(18)10(8-19)9-20-14/h1-7,9H. The lowest BCUT2D eigenvalue weighted by Gasteiger charge is -2.09. The SMILES string of the molecule is N#Cc1cnc2ccc(Oc3ccccc3Cl)cc2c1Cl. The number of hydrogen-bond donors (Lipinski definition) is 0. The van der Waals surface area contributed by atoms with Crippen molar-refractivity contribution in [3.8, 4) is 17.6 Å². The zero-order chi connectivity index (χ0) is 14.8. The third-order valence-corrected chi connectivity index (χ3v) is 3.68. The number of para-hydroxylation sites is 1. The zero-order valence-corrected chi connectivity index (χ0v) is 12.2. The number of halogens is 2. The first kappa shape index (κ1) is 13.7. The molecule has 1 heterocycles. The van der Waals surface area contributed by atoms with Gasteiger partial charge in [0.15, 0.2) is 0 Å². The number of nitriles is 1. The summed E-state index contributed by atoms with van der Waals surface area (Å²) in [6.45, 7) is 0. The minimum atomic E-state index is 0.332. The number of hydrogen-bond acceptors (Lipinski definition) is 3. The molecule has 0 saturated carbocycles. The lowest BCUT2D eigenvalue weighted by molar-refractivity contribution is 0.483. The van der Waals surface area contributed by atoms with Crippen LogP contribution in [0.2, 0.25) is 10.0 Å². The van der Waals surface area contributed by atoms with Gasteiger partial charge < -0.3 is 4.74 Å². The molecule has 0 spiro atoms. The van der Waals surface area contributed by atoms with Crippen LogP contribution in [-0.2, 0) is 0 Å². The van der Waals surface area contributed by atoms with E-state index in [-0.39, 0.29) is 0 Å². The van der Waals surface area contributed by atoms with Gasteiger partial charge in [-0.25, -0.2) is 0 Å². The summed E-state index contributed by atoms with van der Waals surface area (Å²) in [5.74, 6) is 1.13. The average Bonchev–Trinajstić information content (AvgIpc) is 2.50. The Morgan fingerprint density at radius 2 is 1.90 bits per heavy atom. The van der Waals surface area contributed by atoms with Crippen molar-refractivity contribution in [2.45, 2.75) is 0 Å². The van der Waals surface area contributed by atoms with Gasteiger partial charge >= 0.3 is 0 Å². The van der Waals surface area contributed by atoms with Gasteiger partial charge in [0, 0.05) is 11.6 Å². The van der Waals surface area contributed by atoms with Gasteiger partial charge in [-0.1, -0.05) is 35.3 Å². The van der Waals surface area contributed by atoms with Crippen LogP contribution in [0, 0.1) is 11.3 Å². The Hall–Kier alpha value is -2.28. The van der Waals surface area contributed by atoms with E-state index < -0.39 is 0 Å². The van der Waals surface area contributed by atoms with Gasteiger partial charge in [0.05, 0.1) is 21.1 Å². The van der Waals surface area contributed by atoms with Crippen molar-refractivity contribution in [2.75, 3.05) is 0 Å². The maximum atomic E-state index is 9.00. The minimum Gasteiger partial charge on any atom is -0.456 e. The van der Waals surface area contributed by atoms with Crippen LogP contribution in [0.15, 0.2) is 48.7 Å². The van der Waals surface area contributed by atoms with Crippen molar-refractivity contribution < 1.29 is 4.74 Å². The second kappa shape index (κ2) is 5.61. The third-order valence-electron chi connectivity index (χ3n) is 2.96. The fourth-order valence-electron chi connectivity index (χ4n) is 1.94. The van der Waals surface area contributed by atoms with Gasteiger partial charge in [-0.2, -0.15) is 5.26 Å². The first-order valence-electron chi connectivity index (χ1n) is 6.10. The molecule has 1 aromatic heterocycles. The summed E-state index contributed by atoms with van der Waals surface area (Å²) in [5.41, 5.74) is 1.03. The highest BCUT2D eigenvalue weighted by atomic mass is 35.5. The number of rotatable bonds is 2. The molecule has 3 rings (SSSR count). The lowest BCUT2D eigenvalue weighted by Crippen LogP contribution is -1.88. The second-order valence-corrected chi connectivity index (χ2v) is 5.09. The molecule has 0 N–H and O–H groups in total. The van der Waals surface area contributed by atoms with E-state index in [1.54, 1.807) is 30.3 Å². The van der Waals surface area contributed by atoms with E-state index in [0.717, 1.165) is 0 Å². The van der Waals surface area contributed by atoms with Crippen LogP contribution in [-0.4, -0.2) is 4.98 Å². The number of benzene rings is 2. The predicted molar refractivity (Wildman–Crippen MR) is 83.0 cm³/mol. The smallest absolute Gasteiger partial charge is 0.146 e. The number of fused-ring (bicyclic) bond motifs is 1. The Kier molecular flexibility index (Phi) is 3.66. The van der Waals surface area contributed by atoms with Crippen molar-refractivity contribution in [1.29, 1.82) is 5.26 Å². The maximum Gasteiger partial charge on any atom is 0.146 e. The Morgan fingerprint density at radius 3 is 2.67 bits per heavy atom. The molecule has 0 saturated heterocycles. The summed E-state index contributed by atoms with van der Waals surface area (Å²) in [6.07, 6.45) is 1.46. The molecule has 0 radical (unpaired) electrons. The molecule has 0 bridgehead atoms. The normalized spacial score (nSPS) is 10.3. The van der Waals surface area contributed by atoms with Gasteiger partial charge in [0.1, 0.15) is 17.6 Å². The summed E-state index contributed by atoms with van der Waals surface area (Å²) in [5, 5.41) is 10.6. The van der Waals surface area contributed by atoms with Crippen molar-refractivity contribution >= 4 is 34.1 Å². The van der Waals surface area contributed by atoms with Crippen molar-refractivity contribution in [1.82, 2.24) is 4.98 Å². The van der Waals surface area contributed by atoms with Crippen LogP contribution in [0.3, 0.4) is 0 Å². The summed E-state index contributed by atoms with van der Waals surface area (Å²) in [4.78, 5) is 4.19. The predicted octanol–water partition coefficient (Wildman–Crippen LogP) is 5.21. The summed E-state index contributed by atoms with van der Waals surface area (Å²) in [7, 11) is 0. The number of aromatic nitrogens is 1. The van der Waals surface area contributed by atoms with Crippen LogP contribution in [0.1, 0.15) is 5.56 Å². The average molecular weight is 315 g/mol. The molecule has 0 unspecified atom stereocenters. The first-order chi connectivity index (χ1) is 10.2. The van der Waals surface area contributed by atoms with Gasteiger partial charge in [-0.15, -0.1) is 0 Å². The number of nitrogens with zero attached hydrogens (tertiary/aromatic N) is 2. The highest BCUT2D eigenvalue weighted by molar-refractivity contribution is 6.36. The van der Waals surface area contributed by atoms with Crippen molar-refractivity contribution in [3.05, 3.63) is 64.3 Å². The monoisotopic (exact) mass is 314 g/mol. The van der Waals surface area contributed by atoms with Gasteiger partial charge in [-0.05, 0) is 30.3 Å². The highest BCUT2D eigenvalue weighted by Gasteiger charge is 2.09. The lowest BCUT2D eigenvalue weighted by atomic mass is 10.1. The maximum absolute atomic E-state index is 9.00. The third kappa shape index (κ3) is 2.64. The molecule has 0 atom stereocenters. The first-order valence-corrected chi connectivity index (χ1v) is 6.85. The van der Waals surface area contributed by atoms with Crippen LogP contribution >= 0.6 is 23.2 Å². The van der Waals surface area contributed by atoms with Crippen LogP contribution in [0.25, 0.3) is 10.9 Å². The molecule has 5 heteroatoms. The number of pyridine rings is 1. The molecule has 0 aliphatic carbocycles. The van der Waals surface area contributed by atoms with Crippen LogP contribution < -0.4 is 4.74 Å². The molecule has 3 aromatic rings. The molecular formula is C16H8Cl2N2O. The summed E-state index contributed by atoms with van der Waals surface area (Å²) >= 11 is 12.3.